The highest BCUT2D eigenvalue weighted by atomic mass is 32.2. The quantitative estimate of drug-likeness (QED) is 0.790. The summed E-state index contributed by atoms with van der Waals surface area (Å²) in [5, 5.41) is 2.81. The summed E-state index contributed by atoms with van der Waals surface area (Å²) in [6, 6.07) is 10.9. The molecule has 1 aliphatic carbocycles. The fraction of sp³-hybridized carbons (Fsp3) is 0.682. The molecular weight excluding hydrogens is 386 g/mol. The van der Waals surface area contributed by atoms with Gasteiger partial charge < -0.3 is 10.2 Å². The van der Waals surface area contributed by atoms with Gasteiger partial charge in [0.25, 0.3) is 0 Å². The molecule has 0 atom stereocenters. The lowest BCUT2D eigenvalue weighted by atomic mass is 9.82. The van der Waals surface area contributed by atoms with E-state index in [4.69, 9.17) is 0 Å². The van der Waals surface area contributed by atoms with Crippen LogP contribution in [0.2, 0.25) is 0 Å². The lowest BCUT2D eigenvalue weighted by molar-refractivity contribution is 0.157. The summed E-state index contributed by atoms with van der Waals surface area (Å²) in [6.07, 6.45) is 5.59. The molecule has 1 aromatic carbocycles. The third kappa shape index (κ3) is 5.31. The van der Waals surface area contributed by atoms with Gasteiger partial charge in [-0.1, -0.05) is 30.3 Å². The summed E-state index contributed by atoms with van der Waals surface area (Å²) >= 11 is 0. The standard InChI is InChI=1S/C22H35N3O3S/c1-17(2)29(27,28)25-15-13-21(14-16-25)24(3)22(26)23-20-11-9-19(10-12-20)18-7-5-4-6-8-18/h4-8,17,19-21H,9-16H2,1-3H3,(H,23,26)/t19-,20-. The Morgan fingerprint density at radius 3 is 2.17 bits per heavy atom. The zero-order valence-corrected chi connectivity index (χ0v) is 18.7. The Morgan fingerprint density at radius 1 is 1.03 bits per heavy atom. The van der Waals surface area contributed by atoms with E-state index in [1.807, 2.05) is 13.1 Å². The molecule has 1 saturated carbocycles. The maximum atomic E-state index is 12.7. The number of hydrogen-bond donors (Lipinski definition) is 1. The third-order valence-electron chi connectivity index (χ3n) is 6.57. The van der Waals surface area contributed by atoms with Crippen LogP contribution in [0.25, 0.3) is 0 Å². The average molecular weight is 422 g/mol. The van der Waals surface area contributed by atoms with Gasteiger partial charge in [0, 0.05) is 32.2 Å². The summed E-state index contributed by atoms with van der Waals surface area (Å²) in [5.41, 5.74) is 1.40. The minimum Gasteiger partial charge on any atom is -0.335 e. The first kappa shape index (κ1) is 22.1. The van der Waals surface area contributed by atoms with Crippen LogP contribution < -0.4 is 5.32 Å². The Kier molecular flexibility index (Phi) is 7.22. The lowest BCUT2D eigenvalue weighted by Crippen LogP contribution is -2.52. The van der Waals surface area contributed by atoms with Crippen molar-refractivity contribution in [3.8, 4) is 0 Å². The molecule has 0 aromatic heterocycles. The predicted molar refractivity (Wildman–Crippen MR) is 116 cm³/mol. The fourth-order valence-corrected chi connectivity index (χ4v) is 5.84. The molecule has 1 aliphatic heterocycles. The summed E-state index contributed by atoms with van der Waals surface area (Å²) in [4.78, 5) is 14.5. The van der Waals surface area contributed by atoms with E-state index in [2.05, 4.69) is 29.6 Å². The van der Waals surface area contributed by atoms with Gasteiger partial charge in [0.15, 0.2) is 0 Å². The summed E-state index contributed by atoms with van der Waals surface area (Å²) in [7, 11) is -1.37. The number of rotatable bonds is 5. The second kappa shape index (κ2) is 9.47. The Bertz CT molecular complexity index is 766. The number of carbonyl (C=O) groups is 1. The van der Waals surface area contributed by atoms with Gasteiger partial charge in [-0.2, -0.15) is 0 Å². The van der Waals surface area contributed by atoms with Gasteiger partial charge >= 0.3 is 6.03 Å². The van der Waals surface area contributed by atoms with E-state index >= 15 is 0 Å². The van der Waals surface area contributed by atoms with Crippen molar-refractivity contribution in [2.45, 2.75) is 75.6 Å². The second-order valence-electron chi connectivity index (χ2n) is 8.74. The van der Waals surface area contributed by atoms with E-state index in [1.165, 1.54) is 5.56 Å². The average Bonchev–Trinajstić information content (AvgIpc) is 2.74. The maximum Gasteiger partial charge on any atom is 0.317 e. The Labute approximate surface area is 175 Å². The molecule has 7 heteroatoms. The van der Waals surface area contributed by atoms with Crippen molar-refractivity contribution in [3.05, 3.63) is 35.9 Å². The highest BCUT2D eigenvalue weighted by molar-refractivity contribution is 7.89. The van der Waals surface area contributed by atoms with Crippen LogP contribution in [0.15, 0.2) is 30.3 Å². The molecule has 2 aliphatic rings. The van der Waals surface area contributed by atoms with Gasteiger partial charge in [-0.05, 0) is 63.9 Å². The molecule has 0 unspecified atom stereocenters. The number of amides is 2. The van der Waals surface area contributed by atoms with Crippen LogP contribution in [-0.2, 0) is 10.0 Å². The SMILES string of the molecule is CC(C)S(=O)(=O)N1CCC(N(C)C(=O)N[C@H]2CC[C@H](c3ccccc3)CC2)CC1. The molecule has 1 aromatic rings. The van der Waals surface area contributed by atoms with E-state index in [0.29, 0.717) is 31.8 Å². The van der Waals surface area contributed by atoms with Crippen molar-refractivity contribution in [2.24, 2.45) is 0 Å². The molecule has 29 heavy (non-hydrogen) atoms. The first-order chi connectivity index (χ1) is 13.8. The number of urea groups is 1. The molecule has 1 saturated heterocycles. The van der Waals surface area contributed by atoms with E-state index in [9.17, 15) is 13.2 Å². The van der Waals surface area contributed by atoms with Gasteiger partial charge in [0.2, 0.25) is 10.0 Å². The summed E-state index contributed by atoms with van der Waals surface area (Å²) in [5.74, 6) is 0.592. The molecule has 0 bridgehead atoms. The van der Waals surface area contributed by atoms with Crippen LogP contribution in [0.4, 0.5) is 4.79 Å². The van der Waals surface area contributed by atoms with Crippen molar-refractivity contribution in [1.29, 1.82) is 0 Å². The Morgan fingerprint density at radius 2 is 1.62 bits per heavy atom. The van der Waals surface area contributed by atoms with Gasteiger partial charge in [-0.15, -0.1) is 0 Å². The molecule has 0 radical (unpaired) electrons. The van der Waals surface area contributed by atoms with E-state index in [0.717, 1.165) is 25.7 Å². The predicted octanol–water partition coefficient (Wildman–Crippen LogP) is 3.56. The van der Waals surface area contributed by atoms with Crippen LogP contribution in [-0.4, -0.2) is 61.1 Å². The monoisotopic (exact) mass is 421 g/mol. The number of nitrogens with one attached hydrogen (secondary N) is 1. The normalized spacial score (nSPS) is 24.4. The van der Waals surface area contributed by atoms with Crippen LogP contribution in [0.1, 0.15) is 63.9 Å². The molecule has 1 N–H and O–H groups in total. The zero-order chi connectivity index (χ0) is 21.0. The van der Waals surface area contributed by atoms with E-state index in [1.54, 1.807) is 23.1 Å². The third-order valence-corrected chi connectivity index (χ3v) is 8.85. The summed E-state index contributed by atoms with van der Waals surface area (Å²) < 4.78 is 26.2. The molecule has 162 valence electrons. The molecule has 2 amide bonds. The lowest BCUT2D eigenvalue weighted by Gasteiger charge is -2.38. The van der Waals surface area contributed by atoms with Crippen molar-refractivity contribution in [3.63, 3.8) is 0 Å². The van der Waals surface area contributed by atoms with Gasteiger partial charge in [0.05, 0.1) is 5.25 Å². The van der Waals surface area contributed by atoms with Gasteiger partial charge in [-0.25, -0.2) is 17.5 Å². The Hall–Kier alpha value is -1.60. The summed E-state index contributed by atoms with van der Waals surface area (Å²) in [6.45, 7) is 4.41. The number of nitrogens with zero attached hydrogens (tertiary/aromatic N) is 2. The van der Waals surface area contributed by atoms with E-state index in [-0.39, 0.29) is 18.1 Å². The second-order valence-corrected chi connectivity index (χ2v) is 11.2. The van der Waals surface area contributed by atoms with Crippen molar-refractivity contribution < 1.29 is 13.2 Å². The molecular formula is C22H35N3O3S. The number of carbonyl (C=O) groups excluding carboxylic acids is 1. The van der Waals surface area contributed by atoms with E-state index < -0.39 is 15.3 Å². The number of sulfonamides is 1. The van der Waals surface area contributed by atoms with Crippen molar-refractivity contribution in [1.82, 2.24) is 14.5 Å². The maximum absolute atomic E-state index is 12.7. The largest absolute Gasteiger partial charge is 0.335 e. The van der Waals surface area contributed by atoms with Crippen LogP contribution >= 0.6 is 0 Å². The van der Waals surface area contributed by atoms with Crippen LogP contribution in [0.5, 0.6) is 0 Å². The molecule has 6 nitrogen and oxygen atoms in total. The highest BCUT2D eigenvalue weighted by Crippen LogP contribution is 2.32. The Balaban J connectivity index is 1.45. The topological polar surface area (TPSA) is 69.7 Å². The zero-order valence-electron chi connectivity index (χ0n) is 17.9. The van der Waals surface area contributed by atoms with Crippen LogP contribution in [0.3, 0.4) is 0 Å². The minimum absolute atomic E-state index is 0.0293. The molecule has 1 heterocycles. The number of hydrogen-bond acceptors (Lipinski definition) is 3. The first-order valence-electron chi connectivity index (χ1n) is 10.9. The van der Waals surface area contributed by atoms with Gasteiger partial charge in [0.1, 0.15) is 0 Å². The highest BCUT2D eigenvalue weighted by Gasteiger charge is 2.33. The number of benzene rings is 1. The van der Waals surface area contributed by atoms with Crippen molar-refractivity contribution >= 4 is 16.1 Å². The van der Waals surface area contributed by atoms with Crippen LogP contribution in [0, 0.1) is 0 Å². The smallest absolute Gasteiger partial charge is 0.317 e. The number of piperidine rings is 1. The minimum atomic E-state index is -3.21. The fourth-order valence-electron chi connectivity index (χ4n) is 4.52. The molecule has 0 spiro atoms. The van der Waals surface area contributed by atoms with Gasteiger partial charge in [-0.3, -0.25) is 0 Å². The van der Waals surface area contributed by atoms with Crippen molar-refractivity contribution in [2.75, 3.05) is 20.1 Å². The molecule has 3 rings (SSSR count). The first-order valence-corrected chi connectivity index (χ1v) is 12.4. The molecule has 2 fully saturated rings.